The summed E-state index contributed by atoms with van der Waals surface area (Å²) in [6.07, 6.45) is 0.234. The Labute approximate surface area is 231 Å². The number of hydrogen-bond donors (Lipinski definition) is 1. The summed E-state index contributed by atoms with van der Waals surface area (Å²) < 4.78 is 31.4. The third-order valence-corrected chi connectivity index (χ3v) is 8.58. The molecule has 0 aliphatic carbocycles. The SMILES string of the molecule is C[C@H](NC(=O)OCc1ccccc1)C(=O)N1CCCC1P(=O)(Oc1ccc(Cl)cc1)Oc1ccc(Cl)cc1. The molecule has 0 radical (unpaired) electrons. The van der Waals surface area contributed by atoms with E-state index >= 15 is 0 Å². The van der Waals surface area contributed by atoms with Crippen LogP contribution in [0.25, 0.3) is 0 Å². The largest absolute Gasteiger partial charge is 0.453 e. The number of likely N-dealkylation sites (tertiary alicyclic amines) is 1. The fourth-order valence-corrected chi connectivity index (χ4v) is 6.45. The van der Waals surface area contributed by atoms with Crippen molar-refractivity contribution in [2.45, 2.75) is 38.2 Å². The number of rotatable bonds is 9. The van der Waals surface area contributed by atoms with Crippen LogP contribution in [0.5, 0.6) is 11.5 Å². The lowest BCUT2D eigenvalue weighted by molar-refractivity contribution is -0.132. The van der Waals surface area contributed by atoms with Crippen molar-refractivity contribution in [3.05, 3.63) is 94.5 Å². The molecule has 1 N–H and O–H groups in total. The van der Waals surface area contributed by atoms with E-state index in [0.29, 0.717) is 29.4 Å². The fourth-order valence-electron chi connectivity index (χ4n) is 4.01. The van der Waals surface area contributed by atoms with Crippen LogP contribution < -0.4 is 14.4 Å². The second kappa shape index (κ2) is 12.6. The van der Waals surface area contributed by atoms with Gasteiger partial charge in [-0.15, -0.1) is 0 Å². The molecule has 8 nitrogen and oxygen atoms in total. The predicted octanol–water partition coefficient (Wildman–Crippen LogP) is 6.91. The maximum absolute atomic E-state index is 14.3. The standard InChI is InChI=1S/C27H27Cl2N2O6P/c1-19(30-27(33)35-18-20-6-3-2-4-7-20)26(32)31-17-5-8-25(31)38(34,36-23-13-9-21(28)10-14-23)37-24-15-11-22(29)12-16-24/h2-4,6-7,9-16,19,25H,5,8,17-18H2,1H3,(H,30,33)/t19-,25?/m0/s1. The predicted molar refractivity (Wildman–Crippen MR) is 146 cm³/mol. The minimum Gasteiger partial charge on any atom is -0.445 e. The van der Waals surface area contributed by atoms with Crippen LogP contribution in [0.15, 0.2) is 78.9 Å². The van der Waals surface area contributed by atoms with Crippen LogP contribution >= 0.6 is 30.8 Å². The molecule has 200 valence electrons. The van der Waals surface area contributed by atoms with E-state index in [2.05, 4.69) is 5.32 Å². The average Bonchev–Trinajstić information content (AvgIpc) is 3.41. The second-order valence-corrected chi connectivity index (χ2v) is 11.6. The lowest BCUT2D eigenvalue weighted by atomic mass is 10.2. The Morgan fingerprint density at radius 2 is 1.50 bits per heavy atom. The van der Waals surface area contributed by atoms with E-state index in [1.807, 2.05) is 30.3 Å². The zero-order valence-corrected chi connectivity index (χ0v) is 23.0. The molecule has 2 amide bonds. The Balaban J connectivity index is 1.49. The van der Waals surface area contributed by atoms with Gasteiger partial charge in [-0.1, -0.05) is 53.5 Å². The first-order chi connectivity index (χ1) is 18.2. The van der Waals surface area contributed by atoms with Gasteiger partial charge in [0.1, 0.15) is 24.1 Å². The van der Waals surface area contributed by atoms with Crippen molar-refractivity contribution in [1.82, 2.24) is 10.2 Å². The Hall–Kier alpha value is -3.19. The molecule has 1 saturated heterocycles. The Morgan fingerprint density at radius 1 is 0.947 bits per heavy atom. The average molecular weight is 577 g/mol. The van der Waals surface area contributed by atoms with Crippen LogP contribution in [0.4, 0.5) is 4.79 Å². The van der Waals surface area contributed by atoms with E-state index in [9.17, 15) is 14.2 Å². The third-order valence-electron chi connectivity index (χ3n) is 5.88. The summed E-state index contributed by atoms with van der Waals surface area (Å²) in [7, 11) is -4.00. The summed E-state index contributed by atoms with van der Waals surface area (Å²) >= 11 is 12.0. The number of halogens is 2. The molecule has 3 aromatic carbocycles. The molecule has 0 bridgehead atoms. The Kier molecular flexibility index (Phi) is 9.21. The van der Waals surface area contributed by atoms with Crippen molar-refractivity contribution in [2.24, 2.45) is 0 Å². The number of benzene rings is 3. The summed E-state index contributed by atoms with van der Waals surface area (Å²) in [5.74, 6) is -0.752. The Bertz CT molecular complexity index is 1240. The van der Waals surface area contributed by atoms with Gasteiger partial charge in [0.25, 0.3) is 0 Å². The molecule has 1 fully saturated rings. The van der Waals surface area contributed by atoms with Gasteiger partial charge in [0.05, 0.1) is 0 Å². The van der Waals surface area contributed by atoms with Crippen LogP contribution in [0.1, 0.15) is 25.3 Å². The van der Waals surface area contributed by atoms with E-state index < -0.39 is 31.4 Å². The number of amides is 2. The third kappa shape index (κ3) is 7.22. The summed E-state index contributed by atoms with van der Waals surface area (Å²) in [6.45, 7) is 1.94. The summed E-state index contributed by atoms with van der Waals surface area (Å²) in [5.41, 5.74) is 0.820. The van der Waals surface area contributed by atoms with Crippen LogP contribution in [0.2, 0.25) is 10.0 Å². The van der Waals surface area contributed by atoms with Gasteiger partial charge in [0.2, 0.25) is 5.91 Å². The number of nitrogens with one attached hydrogen (secondary N) is 1. The summed E-state index contributed by atoms with van der Waals surface area (Å²) in [5, 5.41) is 3.53. The Morgan fingerprint density at radius 3 is 2.05 bits per heavy atom. The van der Waals surface area contributed by atoms with Crippen molar-refractivity contribution < 1.29 is 27.9 Å². The van der Waals surface area contributed by atoms with E-state index in [4.69, 9.17) is 37.0 Å². The number of carbonyl (C=O) groups is 2. The summed E-state index contributed by atoms with van der Waals surface area (Å²) in [4.78, 5) is 27.2. The van der Waals surface area contributed by atoms with Gasteiger partial charge < -0.3 is 24.0 Å². The van der Waals surface area contributed by atoms with E-state index in [0.717, 1.165) is 5.56 Å². The van der Waals surface area contributed by atoms with Gasteiger partial charge in [0, 0.05) is 16.6 Å². The molecule has 0 aromatic heterocycles. The number of carbonyl (C=O) groups excluding carboxylic acids is 2. The van der Waals surface area contributed by atoms with Gasteiger partial charge >= 0.3 is 13.7 Å². The van der Waals surface area contributed by atoms with Gasteiger partial charge in [-0.3, -0.25) is 4.79 Å². The van der Waals surface area contributed by atoms with E-state index in [-0.39, 0.29) is 18.1 Å². The first-order valence-corrected chi connectivity index (χ1v) is 14.4. The zero-order chi connectivity index (χ0) is 27.1. The molecule has 1 heterocycles. The molecule has 11 heteroatoms. The lowest BCUT2D eigenvalue weighted by Crippen LogP contribution is -2.49. The minimum atomic E-state index is -4.00. The molecular formula is C27H27Cl2N2O6P. The summed E-state index contributed by atoms with van der Waals surface area (Å²) in [6, 6.07) is 21.0. The van der Waals surface area contributed by atoms with Gasteiger partial charge in [0.15, 0.2) is 5.78 Å². The quantitative estimate of drug-likeness (QED) is 0.278. The highest BCUT2D eigenvalue weighted by molar-refractivity contribution is 7.55. The topological polar surface area (TPSA) is 94.2 Å². The highest BCUT2D eigenvalue weighted by Crippen LogP contribution is 2.57. The highest BCUT2D eigenvalue weighted by Gasteiger charge is 2.48. The molecular weight excluding hydrogens is 550 g/mol. The van der Waals surface area contributed by atoms with Crippen LogP contribution in [-0.2, 0) is 20.7 Å². The van der Waals surface area contributed by atoms with E-state index in [1.54, 1.807) is 55.5 Å². The zero-order valence-electron chi connectivity index (χ0n) is 20.6. The smallest absolute Gasteiger partial charge is 0.445 e. The van der Waals surface area contributed by atoms with Gasteiger partial charge in [-0.2, -0.15) is 0 Å². The fraction of sp³-hybridized carbons (Fsp3) is 0.259. The molecule has 2 atom stereocenters. The van der Waals surface area contributed by atoms with Crippen LogP contribution in [-0.4, -0.2) is 35.3 Å². The minimum absolute atomic E-state index is 0.0684. The van der Waals surface area contributed by atoms with Crippen molar-refractivity contribution in [1.29, 1.82) is 0 Å². The van der Waals surface area contributed by atoms with Crippen molar-refractivity contribution in [3.8, 4) is 11.5 Å². The number of hydrogen-bond acceptors (Lipinski definition) is 6. The van der Waals surface area contributed by atoms with Gasteiger partial charge in [-0.25, -0.2) is 9.36 Å². The van der Waals surface area contributed by atoms with Crippen LogP contribution in [0.3, 0.4) is 0 Å². The maximum atomic E-state index is 14.3. The maximum Gasteiger partial charge on any atom is 0.453 e. The van der Waals surface area contributed by atoms with Crippen molar-refractivity contribution >= 4 is 42.8 Å². The second-order valence-electron chi connectivity index (χ2n) is 8.71. The first-order valence-electron chi connectivity index (χ1n) is 12.0. The molecule has 1 aliphatic rings. The molecule has 3 aromatic rings. The molecule has 0 saturated carbocycles. The molecule has 4 rings (SSSR count). The number of ether oxygens (including phenoxy) is 1. The van der Waals surface area contributed by atoms with E-state index in [1.165, 1.54) is 4.90 Å². The molecule has 38 heavy (non-hydrogen) atoms. The normalized spacial score (nSPS) is 16.0. The van der Waals surface area contributed by atoms with Crippen LogP contribution in [0, 0.1) is 0 Å². The molecule has 1 aliphatic heterocycles. The number of alkyl carbamates (subject to hydrolysis) is 1. The van der Waals surface area contributed by atoms with Crippen molar-refractivity contribution in [2.75, 3.05) is 6.54 Å². The molecule has 0 spiro atoms. The monoisotopic (exact) mass is 576 g/mol. The van der Waals surface area contributed by atoms with Crippen molar-refractivity contribution in [3.63, 3.8) is 0 Å². The highest BCUT2D eigenvalue weighted by atomic mass is 35.5. The van der Waals surface area contributed by atoms with Gasteiger partial charge in [-0.05, 0) is 73.9 Å². The molecule has 1 unspecified atom stereocenters. The lowest BCUT2D eigenvalue weighted by Gasteiger charge is -2.32. The number of nitrogens with zero attached hydrogens (tertiary/aromatic N) is 1. The first kappa shape index (κ1) is 27.8.